The van der Waals surface area contributed by atoms with Gasteiger partial charge in [0.25, 0.3) is 0 Å². The molecule has 0 radical (unpaired) electrons. The van der Waals surface area contributed by atoms with E-state index in [1.165, 1.54) is 0 Å². The van der Waals surface area contributed by atoms with Gasteiger partial charge in [0.05, 0.1) is 31.0 Å². The standard InChI is InChI=1S/C18H28O5/c1-18(2,3)23-14-9-15(11-19)21-17(10-14)22-16(12-20)13-7-5-4-6-8-13/h4-8,14-17,19-20H,9-12H2,1-3H3/t14-,15-,16+,17-/m1/s1. The molecule has 4 atom stereocenters. The molecule has 1 aliphatic heterocycles. The lowest BCUT2D eigenvalue weighted by Crippen LogP contribution is -2.43. The molecular formula is C18H28O5. The number of aliphatic hydroxyl groups excluding tert-OH is 2. The van der Waals surface area contributed by atoms with Crippen LogP contribution in [0.25, 0.3) is 0 Å². The Morgan fingerprint density at radius 3 is 2.43 bits per heavy atom. The Hall–Kier alpha value is -0.980. The van der Waals surface area contributed by atoms with Crippen molar-refractivity contribution in [1.82, 2.24) is 0 Å². The second-order valence-electron chi connectivity index (χ2n) is 6.91. The van der Waals surface area contributed by atoms with E-state index in [-0.39, 0.29) is 31.0 Å². The highest BCUT2D eigenvalue weighted by Gasteiger charge is 2.34. The highest BCUT2D eigenvalue weighted by molar-refractivity contribution is 5.17. The molecule has 1 fully saturated rings. The zero-order valence-corrected chi connectivity index (χ0v) is 14.1. The molecule has 0 amide bonds. The van der Waals surface area contributed by atoms with Crippen LogP contribution >= 0.6 is 0 Å². The maximum atomic E-state index is 9.62. The van der Waals surface area contributed by atoms with Gasteiger partial charge < -0.3 is 24.4 Å². The van der Waals surface area contributed by atoms with Crippen LogP contribution in [0, 0.1) is 0 Å². The predicted octanol–water partition coefficient (Wildman–Crippen LogP) is 2.42. The summed E-state index contributed by atoms with van der Waals surface area (Å²) in [5, 5.41) is 19.1. The quantitative estimate of drug-likeness (QED) is 0.841. The fourth-order valence-corrected chi connectivity index (χ4v) is 2.81. The summed E-state index contributed by atoms with van der Waals surface area (Å²) in [6.45, 7) is 5.82. The van der Waals surface area contributed by atoms with Crippen LogP contribution < -0.4 is 0 Å². The Labute approximate surface area is 138 Å². The maximum absolute atomic E-state index is 9.62. The molecule has 0 spiro atoms. The van der Waals surface area contributed by atoms with Crippen LogP contribution in [0.3, 0.4) is 0 Å². The van der Waals surface area contributed by atoms with Crippen LogP contribution in [0.1, 0.15) is 45.3 Å². The van der Waals surface area contributed by atoms with Gasteiger partial charge in [-0.1, -0.05) is 30.3 Å². The van der Waals surface area contributed by atoms with E-state index in [0.717, 1.165) is 5.56 Å². The number of rotatable bonds is 6. The molecule has 1 heterocycles. The van der Waals surface area contributed by atoms with Gasteiger partial charge in [-0.3, -0.25) is 0 Å². The van der Waals surface area contributed by atoms with Gasteiger partial charge >= 0.3 is 0 Å². The van der Waals surface area contributed by atoms with Crippen LogP contribution in [-0.2, 0) is 14.2 Å². The summed E-state index contributed by atoms with van der Waals surface area (Å²) in [5.41, 5.74) is 0.639. The van der Waals surface area contributed by atoms with Crippen molar-refractivity contribution in [1.29, 1.82) is 0 Å². The third kappa shape index (κ3) is 5.86. The van der Waals surface area contributed by atoms with Crippen molar-refractivity contribution in [2.24, 2.45) is 0 Å². The van der Waals surface area contributed by atoms with Crippen LogP contribution in [0.4, 0.5) is 0 Å². The number of hydrogen-bond donors (Lipinski definition) is 2. The Balaban J connectivity index is 2.02. The molecule has 23 heavy (non-hydrogen) atoms. The number of aliphatic hydroxyl groups is 2. The van der Waals surface area contributed by atoms with Crippen molar-refractivity contribution in [2.75, 3.05) is 13.2 Å². The molecule has 0 aromatic heterocycles. The maximum Gasteiger partial charge on any atom is 0.161 e. The summed E-state index contributed by atoms with van der Waals surface area (Å²) in [4.78, 5) is 0. The number of hydrogen-bond acceptors (Lipinski definition) is 5. The van der Waals surface area contributed by atoms with Gasteiger partial charge in [0, 0.05) is 12.8 Å². The van der Waals surface area contributed by atoms with Crippen molar-refractivity contribution >= 4 is 0 Å². The lowest BCUT2D eigenvalue weighted by atomic mass is 10.0. The minimum atomic E-state index is -0.509. The van der Waals surface area contributed by atoms with Gasteiger partial charge in [0.15, 0.2) is 6.29 Å². The number of ether oxygens (including phenoxy) is 3. The van der Waals surface area contributed by atoms with Crippen molar-refractivity contribution < 1.29 is 24.4 Å². The second kappa shape index (κ2) is 8.22. The Bertz CT molecular complexity index is 456. The van der Waals surface area contributed by atoms with E-state index in [1.807, 2.05) is 51.1 Å². The molecule has 5 nitrogen and oxygen atoms in total. The van der Waals surface area contributed by atoms with Gasteiger partial charge in [0.2, 0.25) is 0 Å². The topological polar surface area (TPSA) is 68.2 Å². The molecule has 1 aromatic carbocycles. The average Bonchev–Trinajstić information content (AvgIpc) is 2.51. The van der Waals surface area contributed by atoms with Crippen molar-refractivity contribution in [3.63, 3.8) is 0 Å². The van der Waals surface area contributed by atoms with Crippen LogP contribution in [0.15, 0.2) is 30.3 Å². The smallest absolute Gasteiger partial charge is 0.161 e. The molecule has 1 aliphatic rings. The summed E-state index contributed by atoms with van der Waals surface area (Å²) in [6.07, 6.45) is -0.0865. The van der Waals surface area contributed by atoms with E-state index in [0.29, 0.717) is 12.8 Å². The summed E-state index contributed by atoms with van der Waals surface area (Å²) in [5.74, 6) is 0. The fourth-order valence-electron chi connectivity index (χ4n) is 2.81. The highest BCUT2D eigenvalue weighted by Crippen LogP contribution is 2.29. The van der Waals surface area contributed by atoms with E-state index in [4.69, 9.17) is 14.2 Å². The van der Waals surface area contributed by atoms with Gasteiger partial charge in [0.1, 0.15) is 6.10 Å². The van der Waals surface area contributed by atoms with E-state index in [2.05, 4.69) is 0 Å². The molecule has 130 valence electrons. The average molecular weight is 324 g/mol. The lowest BCUT2D eigenvalue weighted by molar-refractivity contribution is -0.257. The summed E-state index contributed by atoms with van der Waals surface area (Å²) in [7, 11) is 0. The molecule has 1 aromatic rings. The first-order valence-electron chi connectivity index (χ1n) is 8.16. The first-order chi connectivity index (χ1) is 10.9. The lowest BCUT2D eigenvalue weighted by Gasteiger charge is -2.38. The van der Waals surface area contributed by atoms with E-state index >= 15 is 0 Å². The van der Waals surface area contributed by atoms with Gasteiger partial charge in [-0.05, 0) is 26.3 Å². The second-order valence-corrected chi connectivity index (χ2v) is 6.91. The molecule has 2 rings (SSSR count). The molecule has 0 aliphatic carbocycles. The third-order valence-electron chi connectivity index (χ3n) is 3.70. The minimum Gasteiger partial charge on any atom is -0.394 e. The minimum absolute atomic E-state index is 0.0407. The number of benzene rings is 1. The summed E-state index contributed by atoms with van der Waals surface area (Å²) < 4.78 is 17.7. The van der Waals surface area contributed by atoms with Crippen molar-refractivity contribution in [3.8, 4) is 0 Å². The van der Waals surface area contributed by atoms with Crippen LogP contribution in [-0.4, -0.2) is 47.5 Å². The molecule has 1 saturated heterocycles. The molecule has 5 heteroatoms. The van der Waals surface area contributed by atoms with E-state index in [9.17, 15) is 10.2 Å². The molecule has 0 saturated carbocycles. The van der Waals surface area contributed by atoms with Crippen molar-refractivity contribution in [3.05, 3.63) is 35.9 Å². The third-order valence-corrected chi connectivity index (χ3v) is 3.70. The largest absolute Gasteiger partial charge is 0.394 e. The van der Waals surface area contributed by atoms with Gasteiger partial charge in [-0.25, -0.2) is 0 Å². The molecule has 0 unspecified atom stereocenters. The zero-order chi connectivity index (χ0) is 16.9. The SMILES string of the molecule is CC(C)(C)O[C@@H]1C[C@H](CO)O[C@H](O[C@@H](CO)c2ccccc2)C1. The Morgan fingerprint density at radius 2 is 1.87 bits per heavy atom. The molecule has 0 bridgehead atoms. The summed E-state index contributed by atoms with van der Waals surface area (Å²) in [6, 6.07) is 9.56. The molecular weight excluding hydrogens is 296 g/mol. The zero-order valence-electron chi connectivity index (χ0n) is 14.1. The fraction of sp³-hybridized carbons (Fsp3) is 0.667. The Morgan fingerprint density at radius 1 is 1.17 bits per heavy atom. The molecule has 2 N–H and O–H groups in total. The van der Waals surface area contributed by atoms with Crippen molar-refractivity contribution in [2.45, 2.75) is 63.8 Å². The Kier molecular flexibility index (Phi) is 6.56. The van der Waals surface area contributed by atoms with Gasteiger partial charge in [-0.2, -0.15) is 0 Å². The van der Waals surface area contributed by atoms with Crippen LogP contribution in [0.2, 0.25) is 0 Å². The first-order valence-corrected chi connectivity index (χ1v) is 8.16. The summed E-state index contributed by atoms with van der Waals surface area (Å²) >= 11 is 0. The van der Waals surface area contributed by atoms with E-state index in [1.54, 1.807) is 0 Å². The first kappa shape index (κ1) is 18.4. The van der Waals surface area contributed by atoms with E-state index < -0.39 is 12.4 Å². The van der Waals surface area contributed by atoms with Crippen LogP contribution in [0.5, 0.6) is 0 Å². The van der Waals surface area contributed by atoms with Gasteiger partial charge in [-0.15, -0.1) is 0 Å². The predicted molar refractivity (Wildman–Crippen MR) is 87.0 cm³/mol. The normalized spacial score (nSPS) is 26.9. The highest BCUT2D eigenvalue weighted by atomic mass is 16.7. The monoisotopic (exact) mass is 324 g/mol.